The minimum atomic E-state index is -0.613. The number of benzene rings is 1. The molecule has 5 nitrogen and oxygen atoms in total. The van der Waals surface area contributed by atoms with E-state index >= 15 is 0 Å². The van der Waals surface area contributed by atoms with Crippen LogP contribution in [-0.2, 0) is 9.53 Å². The molecule has 2 rings (SSSR count). The van der Waals surface area contributed by atoms with Crippen molar-refractivity contribution >= 4 is 11.8 Å². The van der Waals surface area contributed by atoms with Crippen LogP contribution < -0.4 is 5.32 Å². The van der Waals surface area contributed by atoms with Crippen LogP contribution in [0, 0.1) is 11.7 Å². The number of morpholine rings is 1. The number of nitrogens with one attached hydrogen (secondary N) is 1. The molecule has 6 heteroatoms. The van der Waals surface area contributed by atoms with E-state index in [0.717, 1.165) is 6.42 Å². The molecule has 1 aromatic rings. The lowest BCUT2D eigenvalue weighted by molar-refractivity contribution is -0.142. The van der Waals surface area contributed by atoms with Crippen LogP contribution in [0.2, 0.25) is 0 Å². The summed E-state index contributed by atoms with van der Waals surface area (Å²) >= 11 is 0. The van der Waals surface area contributed by atoms with E-state index < -0.39 is 11.9 Å². The molecule has 1 aromatic carbocycles. The van der Waals surface area contributed by atoms with Crippen molar-refractivity contribution in [1.82, 2.24) is 10.2 Å². The van der Waals surface area contributed by atoms with E-state index in [9.17, 15) is 14.0 Å². The summed E-state index contributed by atoms with van der Waals surface area (Å²) in [5.41, 5.74) is 0.336. The zero-order valence-electron chi connectivity index (χ0n) is 14.4. The van der Waals surface area contributed by atoms with Crippen LogP contribution in [0.5, 0.6) is 0 Å². The van der Waals surface area contributed by atoms with Gasteiger partial charge in [-0.1, -0.05) is 20.8 Å². The van der Waals surface area contributed by atoms with Crippen LogP contribution in [0.4, 0.5) is 4.39 Å². The lowest BCUT2D eigenvalue weighted by Gasteiger charge is -2.35. The summed E-state index contributed by atoms with van der Waals surface area (Å²) in [4.78, 5) is 26.9. The Bertz CT molecular complexity index is 574. The highest BCUT2D eigenvalue weighted by Crippen LogP contribution is 2.14. The SMILES string of the molecule is CCC1CN(C(=O)C(NC(=O)c2ccc(F)cc2)C(C)C)CCO1. The molecule has 0 aromatic heterocycles. The quantitative estimate of drug-likeness (QED) is 0.897. The molecule has 1 aliphatic rings. The predicted octanol–water partition coefficient (Wildman–Crippen LogP) is 2.22. The minimum absolute atomic E-state index is 0.0447. The fourth-order valence-corrected chi connectivity index (χ4v) is 2.70. The molecule has 1 heterocycles. The van der Waals surface area contributed by atoms with Crippen molar-refractivity contribution in [2.24, 2.45) is 5.92 Å². The lowest BCUT2D eigenvalue weighted by Crippen LogP contribution is -2.55. The Morgan fingerprint density at radius 1 is 1.33 bits per heavy atom. The smallest absolute Gasteiger partial charge is 0.251 e. The molecular weight excluding hydrogens is 311 g/mol. The van der Waals surface area contributed by atoms with Gasteiger partial charge in [-0.3, -0.25) is 9.59 Å². The van der Waals surface area contributed by atoms with Crippen molar-refractivity contribution in [3.63, 3.8) is 0 Å². The summed E-state index contributed by atoms with van der Waals surface area (Å²) in [5, 5.41) is 2.79. The third-order valence-corrected chi connectivity index (χ3v) is 4.23. The fourth-order valence-electron chi connectivity index (χ4n) is 2.70. The molecule has 2 unspecified atom stereocenters. The standard InChI is InChI=1S/C18H25FN2O3/c1-4-15-11-21(9-10-24-15)18(23)16(12(2)3)20-17(22)13-5-7-14(19)8-6-13/h5-8,12,15-16H,4,9-11H2,1-3H3,(H,20,22). The van der Waals surface area contributed by atoms with Gasteiger partial charge in [-0.25, -0.2) is 4.39 Å². The van der Waals surface area contributed by atoms with E-state index in [1.807, 2.05) is 20.8 Å². The molecule has 0 radical (unpaired) electrons. The number of nitrogens with zero attached hydrogens (tertiary/aromatic N) is 1. The van der Waals surface area contributed by atoms with Crippen molar-refractivity contribution in [2.45, 2.75) is 39.3 Å². The first-order valence-corrected chi connectivity index (χ1v) is 8.39. The minimum Gasteiger partial charge on any atom is -0.375 e. The maximum absolute atomic E-state index is 13.0. The van der Waals surface area contributed by atoms with Crippen LogP contribution >= 0.6 is 0 Å². The molecule has 0 bridgehead atoms. The van der Waals surface area contributed by atoms with Gasteiger partial charge < -0.3 is 15.0 Å². The van der Waals surface area contributed by atoms with Gasteiger partial charge in [0.1, 0.15) is 11.9 Å². The van der Waals surface area contributed by atoms with Crippen LogP contribution in [0.3, 0.4) is 0 Å². The normalized spacial score (nSPS) is 19.2. The van der Waals surface area contributed by atoms with Gasteiger partial charge >= 0.3 is 0 Å². The topological polar surface area (TPSA) is 58.6 Å². The summed E-state index contributed by atoms with van der Waals surface area (Å²) in [6.07, 6.45) is 0.890. The molecule has 0 saturated carbocycles. The molecule has 2 atom stereocenters. The number of rotatable bonds is 5. The highest BCUT2D eigenvalue weighted by molar-refractivity contribution is 5.97. The van der Waals surface area contributed by atoms with E-state index in [1.165, 1.54) is 24.3 Å². The highest BCUT2D eigenvalue weighted by Gasteiger charge is 2.31. The molecule has 1 saturated heterocycles. The van der Waals surface area contributed by atoms with Gasteiger partial charge in [-0.2, -0.15) is 0 Å². The average molecular weight is 336 g/mol. The maximum Gasteiger partial charge on any atom is 0.251 e. The number of carbonyl (C=O) groups excluding carboxylic acids is 2. The third-order valence-electron chi connectivity index (χ3n) is 4.23. The highest BCUT2D eigenvalue weighted by atomic mass is 19.1. The Balaban J connectivity index is 2.06. The molecule has 1 fully saturated rings. The van der Waals surface area contributed by atoms with Crippen LogP contribution in [0.25, 0.3) is 0 Å². The van der Waals surface area contributed by atoms with Gasteiger partial charge in [0, 0.05) is 18.7 Å². The second kappa shape index (κ2) is 8.24. The van der Waals surface area contributed by atoms with Gasteiger partial charge in [0.2, 0.25) is 5.91 Å². The first-order chi connectivity index (χ1) is 11.4. The largest absolute Gasteiger partial charge is 0.375 e. The molecular formula is C18H25FN2O3. The summed E-state index contributed by atoms with van der Waals surface area (Å²) in [5.74, 6) is -0.920. The molecule has 132 valence electrons. The Hall–Kier alpha value is -1.95. The molecule has 2 amide bonds. The Morgan fingerprint density at radius 3 is 2.58 bits per heavy atom. The molecule has 1 aliphatic heterocycles. The van der Waals surface area contributed by atoms with Crippen LogP contribution in [0.1, 0.15) is 37.6 Å². The second-order valence-electron chi connectivity index (χ2n) is 6.39. The van der Waals surface area contributed by atoms with Gasteiger partial charge in [-0.15, -0.1) is 0 Å². The summed E-state index contributed by atoms with van der Waals surface area (Å²) in [6, 6.07) is 4.67. The van der Waals surface area contributed by atoms with Crippen molar-refractivity contribution < 1.29 is 18.7 Å². The number of hydrogen-bond acceptors (Lipinski definition) is 3. The van der Waals surface area contributed by atoms with E-state index in [4.69, 9.17) is 4.74 Å². The lowest BCUT2D eigenvalue weighted by atomic mass is 10.0. The van der Waals surface area contributed by atoms with Crippen LogP contribution in [0.15, 0.2) is 24.3 Å². The summed E-state index contributed by atoms with van der Waals surface area (Å²) in [6.45, 7) is 7.41. The zero-order valence-corrected chi connectivity index (χ0v) is 14.4. The van der Waals surface area contributed by atoms with Gasteiger partial charge in [0.25, 0.3) is 5.91 Å². The van der Waals surface area contributed by atoms with Crippen molar-refractivity contribution in [2.75, 3.05) is 19.7 Å². The monoisotopic (exact) mass is 336 g/mol. The van der Waals surface area contributed by atoms with E-state index in [2.05, 4.69) is 5.32 Å². The Labute approximate surface area is 142 Å². The molecule has 0 spiro atoms. The third kappa shape index (κ3) is 4.54. The van der Waals surface area contributed by atoms with Gasteiger partial charge in [0.15, 0.2) is 0 Å². The van der Waals surface area contributed by atoms with E-state index in [1.54, 1.807) is 4.90 Å². The van der Waals surface area contributed by atoms with Gasteiger partial charge in [-0.05, 0) is 36.6 Å². The number of amides is 2. The van der Waals surface area contributed by atoms with Gasteiger partial charge in [0.05, 0.1) is 12.7 Å². The van der Waals surface area contributed by atoms with Crippen molar-refractivity contribution in [1.29, 1.82) is 0 Å². The first kappa shape index (κ1) is 18.4. The van der Waals surface area contributed by atoms with Crippen LogP contribution in [-0.4, -0.2) is 48.6 Å². The fraction of sp³-hybridized carbons (Fsp3) is 0.556. The first-order valence-electron chi connectivity index (χ1n) is 8.39. The average Bonchev–Trinajstić information content (AvgIpc) is 2.59. The molecule has 24 heavy (non-hydrogen) atoms. The Kier molecular flexibility index (Phi) is 6.31. The van der Waals surface area contributed by atoms with Crippen molar-refractivity contribution in [3.05, 3.63) is 35.6 Å². The number of hydrogen-bond donors (Lipinski definition) is 1. The Morgan fingerprint density at radius 2 is 2.00 bits per heavy atom. The predicted molar refractivity (Wildman–Crippen MR) is 89.1 cm³/mol. The zero-order chi connectivity index (χ0) is 17.7. The number of ether oxygens (including phenoxy) is 1. The molecule has 1 N–H and O–H groups in total. The molecule has 0 aliphatic carbocycles. The van der Waals surface area contributed by atoms with E-state index in [-0.39, 0.29) is 23.8 Å². The maximum atomic E-state index is 13.0. The summed E-state index contributed by atoms with van der Waals surface area (Å²) < 4.78 is 18.6. The number of halogens is 1. The van der Waals surface area contributed by atoms with Crippen molar-refractivity contribution in [3.8, 4) is 0 Å². The van der Waals surface area contributed by atoms with E-state index in [0.29, 0.717) is 25.3 Å². The summed E-state index contributed by atoms with van der Waals surface area (Å²) in [7, 11) is 0. The second-order valence-corrected chi connectivity index (χ2v) is 6.39. The number of carbonyl (C=O) groups is 2.